The fourth-order valence-electron chi connectivity index (χ4n) is 4.17. The van der Waals surface area contributed by atoms with Crippen molar-refractivity contribution in [2.75, 3.05) is 26.2 Å². The van der Waals surface area contributed by atoms with Gasteiger partial charge in [0.25, 0.3) is 0 Å². The Morgan fingerprint density at radius 3 is 2.59 bits per heavy atom. The van der Waals surface area contributed by atoms with Gasteiger partial charge in [-0.25, -0.2) is 4.39 Å². The summed E-state index contributed by atoms with van der Waals surface area (Å²) in [5.74, 6) is 0.171. The van der Waals surface area contributed by atoms with E-state index in [0.29, 0.717) is 18.8 Å². The van der Waals surface area contributed by atoms with Crippen LogP contribution in [-0.4, -0.2) is 42.1 Å². The maximum Gasteiger partial charge on any atom is 0.220 e. The smallest absolute Gasteiger partial charge is 0.220 e. The number of phenolic OH excluding ortho intramolecular Hbond substituents is 1. The van der Waals surface area contributed by atoms with Crippen LogP contribution in [0.5, 0.6) is 5.75 Å². The highest BCUT2D eigenvalue weighted by atomic mass is 19.1. The highest BCUT2D eigenvalue weighted by molar-refractivity contribution is 5.76. The van der Waals surface area contributed by atoms with E-state index in [2.05, 4.69) is 17.1 Å². The molecule has 29 heavy (non-hydrogen) atoms. The van der Waals surface area contributed by atoms with Gasteiger partial charge in [-0.2, -0.15) is 0 Å². The van der Waals surface area contributed by atoms with Crippen molar-refractivity contribution >= 4 is 5.91 Å². The van der Waals surface area contributed by atoms with Gasteiger partial charge in [-0.1, -0.05) is 51.9 Å². The Morgan fingerprint density at radius 1 is 1.14 bits per heavy atom. The first-order valence-corrected chi connectivity index (χ1v) is 11.5. The topological polar surface area (TPSA) is 52.6 Å². The number of halogens is 1. The molecule has 1 fully saturated rings. The summed E-state index contributed by atoms with van der Waals surface area (Å²) in [7, 11) is 0. The third-order valence-corrected chi connectivity index (χ3v) is 5.86. The minimum absolute atomic E-state index is 0.0209. The van der Waals surface area contributed by atoms with Crippen molar-refractivity contribution in [3.8, 4) is 5.75 Å². The molecule has 1 heterocycles. The van der Waals surface area contributed by atoms with E-state index >= 15 is 0 Å². The molecular formula is C24H39FN2O2. The summed E-state index contributed by atoms with van der Waals surface area (Å²) in [6.07, 6.45) is 12.6. The Bertz CT molecular complexity index is 588. The predicted octanol–water partition coefficient (Wildman–Crippen LogP) is 5.04. The SMILES string of the molecule is CCCCCCCCCCNC(=O)C[C@@H]1CCN(CCc2cc(O)cc(F)c2)C1. The zero-order valence-electron chi connectivity index (χ0n) is 18.1. The second-order valence-electron chi connectivity index (χ2n) is 8.55. The van der Waals surface area contributed by atoms with Crippen molar-refractivity contribution in [1.29, 1.82) is 0 Å². The predicted molar refractivity (Wildman–Crippen MR) is 117 cm³/mol. The fourth-order valence-corrected chi connectivity index (χ4v) is 4.17. The largest absolute Gasteiger partial charge is 0.508 e. The van der Waals surface area contributed by atoms with Gasteiger partial charge >= 0.3 is 0 Å². The summed E-state index contributed by atoms with van der Waals surface area (Å²) < 4.78 is 13.3. The molecule has 2 rings (SSSR count). The van der Waals surface area contributed by atoms with Gasteiger partial charge in [0, 0.05) is 32.1 Å². The van der Waals surface area contributed by atoms with Crippen molar-refractivity contribution in [3.05, 3.63) is 29.6 Å². The molecule has 1 aliphatic rings. The molecule has 2 N–H and O–H groups in total. The molecule has 0 aliphatic carbocycles. The first-order valence-electron chi connectivity index (χ1n) is 11.5. The maximum atomic E-state index is 13.3. The molecule has 0 radical (unpaired) electrons. The van der Waals surface area contributed by atoms with Crippen LogP contribution in [-0.2, 0) is 11.2 Å². The third-order valence-electron chi connectivity index (χ3n) is 5.86. The highest BCUT2D eigenvalue weighted by Gasteiger charge is 2.24. The molecular weight excluding hydrogens is 367 g/mol. The second-order valence-corrected chi connectivity index (χ2v) is 8.55. The van der Waals surface area contributed by atoms with Gasteiger partial charge < -0.3 is 15.3 Å². The first-order chi connectivity index (χ1) is 14.1. The number of likely N-dealkylation sites (tertiary alicyclic amines) is 1. The first kappa shape index (κ1) is 23.7. The molecule has 0 spiro atoms. The number of carbonyl (C=O) groups excluding carboxylic acids is 1. The Labute approximate surface area is 175 Å². The molecule has 0 bridgehead atoms. The number of carbonyl (C=O) groups is 1. The molecule has 1 aromatic carbocycles. The number of nitrogens with one attached hydrogen (secondary N) is 1. The van der Waals surface area contributed by atoms with E-state index in [1.807, 2.05) is 0 Å². The summed E-state index contributed by atoms with van der Waals surface area (Å²) in [6, 6.07) is 4.23. The van der Waals surface area contributed by atoms with Crippen LogP contribution >= 0.6 is 0 Å². The van der Waals surface area contributed by atoms with Crippen molar-refractivity contribution in [2.45, 2.75) is 77.6 Å². The fraction of sp³-hybridized carbons (Fsp3) is 0.708. The van der Waals surface area contributed by atoms with Crippen LogP contribution in [0.15, 0.2) is 18.2 Å². The number of nitrogens with zero attached hydrogens (tertiary/aromatic N) is 1. The summed E-state index contributed by atoms with van der Waals surface area (Å²) in [5.41, 5.74) is 0.814. The zero-order valence-corrected chi connectivity index (χ0v) is 18.1. The monoisotopic (exact) mass is 406 g/mol. The van der Waals surface area contributed by atoms with E-state index in [9.17, 15) is 14.3 Å². The average Bonchev–Trinajstić information content (AvgIpc) is 3.11. The number of unbranched alkanes of at least 4 members (excludes halogenated alkanes) is 7. The minimum atomic E-state index is -0.396. The number of aromatic hydroxyl groups is 1. The summed E-state index contributed by atoms with van der Waals surface area (Å²) in [6.45, 7) is 5.78. The molecule has 1 aromatic rings. The van der Waals surface area contributed by atoms with Crippen molar-refractivity contribution in [2.24, 2.45) is 5.92 Å². The van der Waals surface area contributed by atoms with Gasteiger partial charge in [-0.15, -0.1) is 0 Å². The van der Waals surface area contributed by atoms with E-state index in [0.717, 1.165) is 50.7 Å². The Hall–Kier alpha value is -1.62. The minimum Gasteiger partial charge on any atom is -0.508 e. The second kappa shape index (κ2) is 13.6. The van der Waals surface area contributed by atoms with Gasteiger partial charge in [0.15, 0.2) is 0 Å². The molecule has 1 atom stereocenters. The number of hydrogen-bond donors (Lipinski definition) is 2. The van der Waals surface area contributed by atoms with Crippen molar-refractivity contribution < 1.29 is 14.3 Å². The molecule has 1 saturated heterocycles. The quantitative estimate of drug-likeness (QED) is 0.426. The molecule has 1 aliphatic heterocycles. The van der Waals surface area contributed by atoms with Crippen LogP contribution in [0.3, 0.4) is 0 Å². The van der Waals surface area contributed by atoms with Crippen molar-refractivity contribution in [1.82, 2.24) is 10.2 Å². The zero-order chi connectivity index (χ0) is 20.9. The summed E-state index contributed by atoms with van der Waals surface area (Å²) >= 11 is 0. The highest BCUT2D eigenvalue weighted by Crippen LogP contribution is 2.21. The standard InChI is InChI=1S/C24H39FN2O2/c1-2-3-4-5-6-7-8-9-12-26-24(29)17-21-11-14-27(19-21)13-10-20-15-22(25)18-23(28)16-20/h15-16,18,21,28H,2-14,17,19H2,1H3,(H,26,29)/t21-/m0/s1. The van der Waals surface area contributed by atoms with Gasteiger partial charge in [-0.05, 0) is 49.4 Å². The van der Waals surface area contributed by atoms with Gasteiger partial charge in [0.05, 0.1) is 0 Å². The van der Waals surface area contributed by atoms with Gasteiger partial charge in [0.1, 0.15) is 11.6 Å². The lowest BCUT2D eigenvalue weighted by Gasteiger charge is -2.16. The van der Waals surface area contributed by atoms with Crippen LogP contribution < -0.4 is 5.32 Å². The van der Waals surface area contributed by atoms with Gasteiger partial charge in [-0.3, -0.25) is 4.79 Å². The lowest BCUT2D eigenvalue weighted by atomic mass is 10.0. The van der Waals surface area contributed by atoms with E-state index in [1.54, 1.807) is 6.07 Å². The van der Waals surface area contributed by atoms with E-state index in [4.69, 9.17) is 0 Å². The molecule has 0 saturated carbocycles. The number of hydrogen-bond acceptors (Lipinski definition) is 3. The summed E-state index contributed by atoms with van der Waals surface area (Å²) in [4.78, 5) is 14.5. The molecule has 0 aromatic heterocycles. The number of benzene rings is 1. The number of phenols is 1. The molecule has 5 heteroatoms. The normalized spacial score (nSPS) is 17.0. The van der Waals surface area contributed by atoms with E-state index < -0.39 is 5.82 Å². The average molecular weight is 407 g/mol. The molecule has 0 unspecified atom stereocenters. The lowest BCUT2D eigenvalue weighted by molar-refractivity contribution is -0.121. The van der Waals surface area contributed by atoms with Crippen molar-refractivity contribution in [3.63, 3.8) is 0 Å². The third kappa shape index (κ3) is 10.1. The maximum absolute atomic E-state index is 13.3. The van der Waals surface area contributed by atoms with Crippen LogP contribution in [0, 0.1) is 11.7 Å². The Kier molecular flexibility index (Phi) is 11.1. The summed E-state index contributed by atoms with van der Waals surface area (Å²) in [5, 5.41) is 12.6. The van der Waals surface area contributed by atoms with Crippen LogP contribution in [0.25, 0.3) is 0 Å². The van der Waals surface area contributed by atoms with E-state index in [-0.39, 0.29) is 11.7 Å². The van der Waals surface area contributed by atoms with Gasteiger partial charge in [0.2, 0.25) is 5.91 Å². The van der Waals surface area contributed by atoms with Crippen LogP contribution in [0.2, 0.25) is 0 Å². The van der Waals surface area contributed by atoms with E-state index in [1.165, 1.54) is 51.0 Å². The Morgan fingerprint density at radius 2 is 1.86 bits per heavy atom. The Balaban J connectivity index is 1.51. The lowest BCUT2D eigenvalue weighted by Crippen LogP contribution is -2.28. The van der Waals surface area contributed by atoms with Crippen LogP contribution in [0.4, 0.5) is 4.39 Å². The van der Waals surface area contributed by atoms with Crippen LogP contribution in [0.1, 0.15) is 76.7 Å². The number of amides is 1. The molecule has 1 amide bonds. The molecule has 4 nitrogen and oxygen atoms in total. The number of rotatable bonds is 14. The molecule has 164 valence electrons.